The van der Waals surface area contributed by atoms with E-state index in [1.54, 1.807) is 20.8 Å². The molecule has 1 rings (SSSR count). The van der Waals surface area contributed by atoms with Crippen LogP contribution >= 0.6 is 0 Å². The molecule has 0 unspecified atom stereocenters. The standard InChI is InChI=1S/C15H22N4O3/c1-15(2,3)22-14(21)18-12(13(20)10-17-19-16)9-11-7-5-4-6-8-11/h4-8,12-13,20H,9-10H2,1-3H3,(H,18,21)/t12-,13+/m1/s1. The molecule has 0 saturated carbocycles. The number of aliphatic hydroxyl groups excluding tert-OH is 1. The summed E-state index contributed by atoms with van der Waals surface area (Å²) in [6.45, 7) is 5.16. The Labute approximate surface area is 129 Å². The lowest BCUT2D eigenvalue weighted by Crippen LogP contribution is -2.47. The maximum atomic E-state index is 11.9. The monoisotopic (exact) mass is 306 g/mol. The Bertz CT molecular complexity index is 521. The first-order chi connectivity index (χ1) is 10.3. The number of azide groups is 1. The summed E-state index contributed by atoms with van der Waals surface area (Å²) in [5.74, 6) is 0. The lowest BCUT2D eigenvalue weighted by atomic mass is 10.0. The van der Waals surface area contributed by atoms with Crippen LogP contribution in [0.5, 0.6) is 0 Å². The van der Waals surface area contributed by atoms with E-state index in [1.807, 2.05) is 30.3 Å². The van der Waals surface area contributed by atoms with Crippen molar-refractivity contribution in [3.8, 4) is 0 Å². The van der Waals surface area contributed by atoms with E-state index in [0.717, 1.165) is 5.56 Å². The highest BCUT2D eigenvalue weighted by atomic mass is 16.6. The SMILES string of the molecule is CC(C)(C)OC(=O)N[C@H](Cc1ccccc1)[C@@H](O)CN=[N+]=[N-]. The molecule has 2 N–H and O–H groups in total. The molecule has 0 saturated heterocycles. The summed E-state index contributed by atoms with van der Waals surface area (Å²) in [7, 11) is 0. The number of hydrogen-bond donors (Lipinski definition) is 2. The number of alkyl carbamates (subject to hydrolysis) is 1. The predicted octanol–water partition coefficient (Wildman–Crippen LogP) is 2.79. The molecule has 1 amide bonds. The van der Waals surface area contributed by atoms with Crippen molar-refractivity contribution in [2.24, 2.45) is 5.11 Å². The zero-order valence-corrected chi connectivity index (χ0v) is 13.1. The first-order valence-electron chi connectivity index (χ1n) is 7.04. The van der Waals surface area contributed by atoms with E-state index in [1.165, 1.54) is 0 Å². The number of nitrogens with zero attached hydrogens (tertiary/aromatic N) is 3. The highest BCUT2D eigenvalue weighted by Crippen LogP contribution is 2.10. The molecule has 1 aromatic rings. The van der Waals surface area contributed by atoms with E-state index >= 15 is 0 Å². The van der Waals surface area contributed by atoms with Crippen LogP contribution in [0.25, 0.3) is 10.4 Å². The second kappa shape index (κ2) is 8.26. The Morgan fingerprint density at radius 2 is 2.05 bits per heavy atom. The number of hydrogen-bond acceptors (Lipinski definition) is 4. The number of benzene rings is 1. The van der Waals surface area contributed by atoms with Crippen LogP contribution in [0.1, 0.15) is 26.3 Å². The van der Waals surface area contributed by atoms with Crippen molar-refractivity contribution in [2.75, 3.05) is 6.54 Å². The Hall–Kier alpha value is -2.24. The summed E-state index contributed by atoms with van der Waals surface area (Å²) in [5, 5.41) is 16.1. The first-order valence-corrected chi connectivity index (χ1v) is 7.04. The Kier molecular flexibility index (Phi) is 6.69. The van der Waals surface area contributed by atoms with Crippen molar-refractivity contribution in [3.05, 3.63) is 46.3 Å². The van der Waals surface area contributed by atoms with Gasteiger partial charge in [-0.2, -0.15) is 0 Å². The van der Waals surface area contributed by atoms with Crippen LogP contribution in [-0.2, 0) is 11.2 Å². The van der Waals surface area contributed by atoms with Crippen LogP contribution in [0.15, 0.2) is 35.4 Å². The van der Waals surface area contributed by atoms with Gasteiger partial charge in [-0.25, -0.2) is 4.79 Å². The molecule has 2 atom stereocenters. The van der Waals surface area contributed by atoms with Gasteiger partial charge in [-0.3, -0.25) is 0 Å². The summed E-state index contributed by atoms with van der Waals surface area (Å²) in [4.78, 5) is 14.5. The molecule has 0 spiro atoms. The van der Waals surface area contributed by atoms with Gasteiger partial charge in [-0.1, -0.05) is 35.4 Å². The third-order valence-corrected chi connectivity index (χ3v) is 2.80. The Balaban J connectivity index is 2.77. The summed E-state index contributed by atoms with van der Waals surface area (Å²) in [6.07, 6.45) is -1.21. The van der Waals surface area contributed by atoms with Crippen LogP contribution < -0.4 is 5.32 Å². The van der Waals surface area contributed by atoms with Crippen molar-refractivity contribution in [1.82, 2.24) is 5.32 Å². The van der Waals surface area contributed by atoms with E-state index < -0.39 is 23.8 Å². The van der Waals surface area contributed by atoms with Crippen LogP contribution in [0.2, 0.25) is 0 Å². The predicted molar refractivity (Wildman–Crippen MR) is 83.3 cm³/mol. The quantitative estimate of drug-likeness (QED) is 0.479. The normalized spacial score (nSPS) is 13.6. The molecule has 22 heavy (non-hydrogen) atoms. The van der Waals surface area contributed by atoms with Gasteiger partial charge in [-0.05, 0) is 38.3 Å². The average molecular weight is 306 g/mol. The van der Waals surface area contributed by atoms with Gasteiger partial charge in [-0.15, -0.1) is 0 Å². The minimum Gasteiger partial charge on any atom is -0.444 e. The van der Waals surface area contributed by atoms with E-state index in [4.69, 9.17) is 10.3 Å². The zero-order valence-electron chi connectivity index (χ0n) is 13.1. The second-order valence-electron chi connectivity index (χ2n) is 5.92. The summed E-state index contributed by atoms with van der Waals surface area (Å²) in [6, 6.07) is 8.81. The van der Waals surface area contributed by atoms with Gasteiger partial charge in [0.1, 0.15) is 5.60 Å². The molecule has 120 valence electrons. The smallest absolute Gasteiger partial charge is 0.407 e. The minimum absolute atomic E-state index is 0.121. The molecule has 1 aromatic carbocycles. The zero-order chi connectivity index (χ0) is 16.6. The summed E-state index contributed by atoms with van der Waals surface area (Å²) in [5.41, 5.74) is 8.68. The van der Waals surface area contributed by atoms with Crippen molar-refractivity contribution in [1.29, 1.82) is 0 Å². The van der Waals surface area contributed by atoms with Gasteiger partial charge in [0.2, 0.25) is 0 Å². The molecular weight excluding hydrogens is 284 g/mol. The molecule has 0 heterocycles. The van der Waals surface area contributed by atoms with E-state index in [0.29, 0.717) is 6.42 Å². The number of aliphatic hydroxyl groups is 1. The highest BCUT2D eigenvalue weighted by Gasteiger charge is 2.24. The summed E-state index contributed by atoms with van der Waals surface area (Å²) >= 11 is 0. The van der Waals surface area contributed by atoms with Crippen molar-refractivity contribution in [2.45, 2.75) is 44.9 Å². The topological polar surface area (TPSA) is 107 Å². The third-order valence-electron chi connectivity index (χ3n) is 2.80. The Morgan fingerprint density at radius 3 is 2.59 bits per heavy atom. The largest absolute Gasteiger partial charge is 0.444 e. The van der Waals surface area contributed by atoms with E-state index in [-0.39, 0.29) is 6.54 Å². The molecule has 0 aliphatic heterocycles. The molecule has 0 aliphatic rings. The molecule has 0 radical (unpaired) electrons. The van der Waals surface area contributed by atoms with Crippen molar-refractivity contribution >= 4 is 6.09 Å². The lowest BCUT2D eigenvalue weighted by Gasteiger charge is -2.26. The number of carbonyl (C=O) groups excluding carboxylic acids is 1. The van der Waals surface area contributed by atoms with Crippen molar-refractivity contribution in [3.63, 3.8) is 0 Å². The van der Waals surface area contributed by atoms with E-state index in [2.05, 4.69) is 15.3 Å². The highest BCUT2D eigenvalue weighted by molar-refractivity contribution is 5.68. The minimum atomic E-state index is -0.997. The molecule has 0 aromatic heterocycles. The van der Waals surface area contributed by atoms with Crippen molar-refractivity contribution < 1.29 is 14.6 Å². The molecule has 0 bridgehead atoms. The lowest BCUT2D eigenvalue weighted by molar-refractivity contribution is 0.0430. The average Bonchev–Trinajstić information content (AvgIpc) is 2.43. The van der Waals surface area contributed by atoms with Gasteiger partial charge < -0.3 is 15.2 Å². The number of ether oxygens (including phenoxy) is 1. The fourth-order valence-corrected chi connectivity index (χ4v) is 1.86. The number of carbonyl (C=O) groups is 1. The maximum absolute atomic E-state index is 11.9. The summed E-state index contributed by atoms with van der Waals surface area (Å²) < 4.78 is 5.20. The molecule has 7 nitrogen and oxygen atoms in total. The maximum Gasteiger partial charge on any atom is 0.407 e. The van der Waals surface area contributed by atoms with Gasteiger partial charge >= 0.3 is 6.09 Å². The number of rotatable bonds is 6. The molecule has 0 fully saturated rings. The van der Waals surface area contributed by atoms with Gasteiger partial charge in [0.15, 0.2) is 0 Å². The fraction of sp³-hybridized carbons (Fsp3) is 0.533. The van der Waals surface area contributed by atoms with Crippen LogP contribution in [-0.4, -0.2) is 35.5 Å². The third kappa shape index (κ3) is 6.97. The van der Waals surface area contributed by atoms with Crippen LogP contribution in [0.4, 0.5) is 4.79 Å². The van der Waals surface area contributed by atoms with Crippen LogP contribution in [0, 0.1) is 0 Å². The fourth-order valence-electron chi connectivity index (χ4n) is 1.86. The van der Waals surface area contributed by atoms with E-state index in [9.17, 15) is 9.90 Å². The second-order valence-corrected chi connectivity index (χ2v) is 5.92. The molecule has 7 heteroatoms. The first kappa shape index (κ1) is 17.8. The van der Waals surface area contributed by atoms with Crippen LogP contribution in [0.3, 0.4) is 0 Å². The van der Waals surface area contributed by atoms with Gasteiger partial charge in [0.05, 0.1) is 18.7 Å². The number of nitrogens with one attached hydrogen (secondary N) is 1. The van der Waals surface area contributed by atoms with Gasteiger partial charge in [0, 0.05) is 4.91 Å². The Morgan fingerprint density at radius 1 is 1.41 bits per heavy atom. The van der Waals surface area contributed by atoms with Gasteiger partial charge in [0.25, 0.3) is 0 Å². The molecular formula is C15H22N4O3. The number of amides is 1. The molecule has 0 aliphatic carbocycles.